The lowest BCUT2D eigenvalue weighted by Gasteiger charge is -2.30. The lowest BCUT2D eigenvalue weighted by atomic mass is 9.77. The average molecular weight is 495 g/mol. The highest BCUT2D eigenvalue weighted by atomic mass is 19.3. The molecule has 7 rings (SSSR count). The van der Waals surface area contributed by atoms with E-state index >= 15 is 0 Å². The quantitative estimate of drug-likeness (QED) is 0.371. The predicted octanol–water partition coefficient (Wildman–Crippen LogP) is 7.77. The molecule has 37 heavy (non-hydrogen) atoms. The predicted molar refractivity (Wildman–Crippen MR) is 145 cm³/mol. The second kappa shape index (κ2) is 8.20. The lowest BCUT2D eigenvalue weighted by molar-refractivity contribution is 0.0991. The minimum atomic E-state index is -2.70. The number of allylic oxidation sites excluding steroid dienone is 4. The maximum Gasteiger partial charge on any atom is 0.256 e. The Balaban J connectivity index is 1.44. The molecular weight excluding hydrogens is 466 g/mol. The van der Waals surface area contributed by atoms with Crippen LogP contribution >= 0.6 is 0 Å². The van der Waals surface area contributed by atoms with Gasteiger partial charge in [0.15, 0.2) is 5.78 Å². The SMILES string of the molecule is Cc1cc(C2CC2(F)F)c(N2N=CCC2Cc2ccccc2)c2ccc3c(c12)C(=O)CC1=C3C=CCC1. The van der Waals surface area contributed by atoms with Crippen molar-refractivity contribution in [1.29, 1.82) is 0 Å². The number of fused-ring (bicyclic) bond motifs is 4. The van der Waals surface area contributed by atoms with Crippen molar-refractivity contribution >= 4 is 34.0 Å². The number of ketones is 1. The van der Waals surface area contributed by atoms with Crippen LogP contribution in [0.4, 0.5) is 14.5 Å². The van der Waals surface area contributed by atoms with E-state index in [-0.39, 0.29) is 18.2 Å². The number of benzene rings is 3. The maximum atomic E-state index is 14.5. The monoisotopic (exact) mass is 494 g/mol. The molecule has 4 aliphatic rings. The number of carbonyl (C=O) groups excluding carboxylic acids is 1. The van der Waals surface area contributed by atoms with E-state index in [9.17, 15) is 13.6 Å². The van der Waals surface area contributed by atoms with Crippen molar-refractivity contribution < 1.29 is 13.6 Å². The Morgan fingerprint density at radius 3 is 2.73 bits per heavy atom. The van der Waals surface area contributed by atoms with Crippen LogP contribution in [0.3, 0.4) is 0 Å². The summed E-state index contributed by atoms with van der Waals surface area (Å²) in [6, 6.07) is 16.2. The molecule has 1 saturated carbocycles. The van der Waals surface area contributed by atoms with Crippen molar-refractivity contribution in [2.75, 3.05) is 5.01 Å². The lowest BCUT2D eigenvalue weighted by Crippen LogP contribution is -2.30. The summed E-state index contributed by atoms with van der Waals surface area (Å²) in [6.45, 7) is 1.96. The van der Waals surface area contributed by atoms with Gasteiger partial charge in [-0.05, 0) is 59.4 Å². The first-order valence-corrected chi connectivity index (χ1v) is 13.2. The van der Waals surface area contributed by atoms with Gasteiger partial charge in [0, 0.05) is 36.4 Å². The molecule has 1 heterocycles. The van der Waals surface area contributed by atoms with Crippen molar-refractivity contribution in [2.45, 2.75) is 63.3 Å². The Morgan fingerprint density at radius 2 is 1.95 bits per heavy atom. The van der Waals surface area contributed by atoms with Crippen LogP contribution in [0.1, 0.15) is 70.6 Å². The zero-order valence-corrected chi connectivity index (χ0v) is 20.8. The summed E-state index contributed by atoms with van der Waals surface area (Å²) >= 11 is 0. The molecule has 3 nitrogen and oxygen atoms in total. The number of hydrogen-bond acceptors (Lipinski definition) is 3. The number of anilines is 1. The van der Waals surface area contributed by atoms with E-state index in [2.05, 4.69) is 24.3 Å². The van der Waals surface area contributed by atoms with Gasteiger partial charge in [0.1, 0.15) is 0 Å². The van der Waals surface area contributed by atoms with Gasteiger partial charge in [-0.2, -0.15) is 5.10 Å². The third-order valence-electron chi connectivity index (χ3n) is 8.40. The van der Waals surface area contributed by atoms with E-state index in [0.717, 1.165) is 64.4 Å². The van der Waals surface area contributed by atoms with Crippen LogP contribution in [-0.4, -0.2) is 24.0 Å². The van der Waals surface area contributed by atoms with Crippen LogP contribution < -0.4 is 5.01 Å². The number of halogens is 2. The molecule has 186 valence electrons. The molecule has 2 unspecified atom stereocenters. The Kier molecular flexibility index (Phi) is 5.01. The Morgan fingerprint density at radius 1 is 1.14 bits per heavy atom. The van der Waals surface area contributed by atoms with Crippen LogP contribution in [0.2, 0.25) is 0 Å². The fraction of sp³-hybridized carbons (Fsp3) is 0.312. The average Bonchev–Trinajstić information content (AvgIpc) is 3.30. The number of alkyl halides is 2. The van der Waals surface area contributed by atoms with Gasteiger partial charge in [-0.25, -0.2) is 8.78 Å². The first-order chi connectivity index (χ1) is 17.9. The number of carbonyl (C=O) groups is 1. The van der Waals surface area contributed by atoms with E-state index in [4.69, 9.17) is 5.10 Å². The highest BCUT2D eigenvalue weighted by molar-refractivity contribution is 6.19. The van der Waals surface area contributed by atoms with E-state index in [1.165, 1.54) is 11.1 Å². The van der Waals surface area contributed by atoms with Crippen LogP contribution in [0.5, 0.6) is 0 Å². The molecule has 5 heteroatoms. The highest BCUT2D eigenvalue weighted by Crippen LogP contribution is 2.59. The molecule has 3 aromatic rings. The molecule has 0 radical (unpaired) electrons. The summed E-state index contributed by atoms with van der Waals surface area (Å²) in [5.74, 6) is -3.40. The Labute approximate surface area is 215 Å². The first-order valence-electron chi connectivity index (χ1n) is 13.2. The van der Waals surface area contributed by atoms with E-state index in [0.29, 0.717) is 12.0 Å². The normalized spacial score (nSPS) is 23.5. The third kappa shape index (κ3) is 3.58. The number of nitrogens with zero attached hydrogens (tertiary/aromatic N) is 2. The van der Waals surface area contributed by atoms with Gasteiger partial charge in [-0.1, -0.05) is 66.3 Å². The summed E-state index contributed by atoms with van der Waals surface area (Å²) in [5.41, 5.74) is 7.53. The number of aryl methyl sites for hydroxylation is 1. The summed E-state index contributed by atoms with van der Waals surface area (Å²) in [5, 5.41) is 8.44. The molecule has 3 aliphatic carbocycles. The zero-order valence-electron chi connectivity index (χ0n) is 20.8. The summed E-state index contributed by atoms with van der Waals surface area (Å²) in [4.78, 5) is 13.6. The summed E-state index contributed by atoms with van der Waals surface area (Å²) < 4.78 is 29.0. The Hall–Kier alpha value is -3.60. The van der Waals surface area contributed by atoms with Crippen LogP contribution in [0.15, 0.2) is 71.4 Å². The van der Waals surface area contributed by atoms with Gasteiger partial charge in [-0.3, -0.25) is 9.80 Å². The van der Waals surface area contributed by atoms with Crippen molar-refractivity contribution in [3.63, 3.8) is 0 Å². The van der Waals surface area contributed by atoms with E-state index < -0.39 is 11.8 Å². The van der Waals surface area contributed by atoms with Crippen molar-refractivity contribution in [2.24, 2.45) is 5.10 Å². The molecule has 0 saturated heterocycles. The molecule has 0 aromatic heterocycles. The fourth-order valence-corrected chi connectivity index (χ4v) is 6.53. The molecule has 0 N–H and O–H groups in total. The zero-order chi connectivity index (χ0) is 25.3. The van der Waals surface area contributed by atoms with Crippen LogP contribution in [-0.2, 0) is 6.42 Å². The van der Waals surface area contributed by atoms with Gasteiger partial charge in [-0.15, -0.1) is 0 Å². The second-order valence-corrected chi connectivity index (χ2v) is 10.8. The smallest absolute Gasteiger partial charge is 0.256 e. The van der Waals surface area contributed by atoms with Crippen molar-refractivity contribution in [3.8, 4) is 0 Å². The van der Waals surface area contributed by atoms with Crippen molar-refractivity contribution in [1.82, 2.24) is 0 Å². The number of Topliss-reactive ketones (excluding diaryl/α,β-unsaturated/α-hetero) is 1. The van der Waals surface area contributed by atoms with Gasteiger partial charge in [0.2, 0.25) is 0 Å². The first kappa shape index (κ1) is 22.6. The number of rotatable bonds is 4. The summed E-state index contributed by atoms with van der Waals surface area (Å²) in [7, 11) is 0. The molecule has 0 amide bonds. The molecular formula is C32H28F2N2O. The van der Waals surface area contributed by atoms with Gasteiger partial charge >= 0.3 is 0 Å². The number of hydrazone groups is 1. The third-order valence-corrected chi connectivity index (χ3v) is 8.40. The molecule has 1 fully saturated rings. The number of hydrogen-bond donors (Lipinski definition) is 0. The largest absolute Gasteiger partial charge is 0.294 e. The van der Waals surface area contributed by atoms with Crippen LogP contribution in [0.25, 0.3) is 16.3 Å². The maximum absolute atomic E-state index is 14.5. The standard InChI is InChI=1S/C32H28F2N2O/c1-19-15-26(27-18-32(27,33)34)31(36-22(13-14-35-36)16-20-7-3-2-4-8-20)25-12-11-24-23-10-6-5-9-21(23)17-28(37)30(24)29(19)25/h2-4,6-8,10-12,14-15,22,27H,5,9,13,16-18H2,1H3. The van der Waals surface area contributed by atoms with Crippen LogP contribution in [0, 0.1) is 6.92 Å². The van der Waals surface area contributed by atoms with Gasteiger partial charge in [0.25, 0.3) is 5.92 Å². The van der Waals surface area contributed by atoms with Gasteiger partial charge in [0.05, 0.1) is 17.6 Å². The molecule has 2 atom stereocenters. The molecule has 1 aliphatic heterocycles. The Bertz CT molecular complexity index is 1550. The van der Waals surface area contributed by atoms with Crippen molar-refractivity contribution in [3.05, 3.63) is 94.1 Å². The molecule has 0 bridgehead atoms. The second-order valence-electron chi connectivity index (χ2n) is 10.8. The minimum absolute atomic E-state index is 0.0294. The van der Waals surface area contributed by atoms with Gasteiger partial charge < -0.3 is 0 Å². The minimum Gasteiger partial charge on any atom is -0.294 e. The fourth-order valence-electron chi connectivity index (χ4n) is 6.53. The molecule has 0 spiro atoms. The highest BCUT2D eigenvalue weighted by Gasteiger charge is 2.59. The summed E-state index contributed by atoms with van der Waals surface area (Å²) in [6.07, 6.45) is 9.89. The van der Waals surface area contributed by atoms with E-state index in [1.807, 2.05) is 54.5 Å². The molecule has 3 aromatic carbocycles. The topological polar surface area (TPSA) is 32.7 Å². The van der Waals surface area contributed by atoms with E-state index in [1.54, 1.807) is 0 Å².